The molecule has 2 N–H and O–H groups in total. The second-order valence-corrected chi connectivity index (χ2v) is 3.55. The standard InChI is InChI=1S/C12H20N2O2/c1-9-7-11(15-3)12(16-4)8-10(9)14-6-5-13-2/h7-8,13-14H,5-6H2,1-4H3. The molecule has 90 valence electrons. The summed E-state index contributed by atoms with van der Waals surface area (Å²) in [7, 11) is 5.22. The first kappa shape index (κ1) is 12.6. The largest absolute Gasteiger partial charge is 0.493 e. The van der Waals surface area contributed by atoms with Gasteiger partial charge in [0.15, 0.2) is 11.5 Å². The van der Waals surface area contributed by atoms with Crippen molar-refractivity contribution >= 4 is 5.69 Å². The highest BCUT2D eigenvalue weighted by atomic mass is 16.5. The molecule has 0 aromatic heterocycles. The lowest BCUT2D eigenvalue weighted by atomic mass is 10.1. The smallest absolute Gasteiger partial charge is 0.162 e. The number of anilines is 1. The van der Waals surface area contributed by atoms with Gasteiger partial charge < -0.3 is 20.1 Å². The Hall–Kier alpha value is -1.42. The van der Waals surface area contributed by atoms with Crippen molar-refractivity contribution in [2.24, 2.45) is 0 Å². The van der Waals surface area contributed by atoms with Crippen molar-refractivity contribution in [1.29, 1.82) is 0 Å². The van der Waals surface area contributed by atoms with E-state index in [1.54, 1.807) is 14.2 Å². The number of nitrogens with one attached hydrogen (secondary N) is 2. The minimum Gasteiger partial charge on any atom is -0.493 e. The van der Waals surface area contributed by atoms with Crippen molar-refractivity contribution in [3.05, 3.63) is 17.7 Å². The molecular weight excluding hydrogens is 204 g/mol. The molecule has 0 saturated carbocycles. The maximum Gasteiger partial charge on any atom is 0.162 e. The molecule has 1 aromatic rings. The number of likely N-dealkylation sites (N-methyl/N-ethyl adjacent to an activating group) is 1. The van der Waals surface area contributed by atoms with E-state index in [4.69, 9.17) is 9.47 Å². The molecule has 0 bridgehead atoms. The van der Waals surface area contributed by atoms with Gasteiger partial charge in [0, 0.05) is 24.8 Å². The number of methoxy groups -OCH3 is 2. The van der Waals surface area contributed by atoms with Crippen molar-refractivity contribution in [1.82, 2.24) is 5.32 Å². The zero-order valence-corrected chi connectivity index (χ0v) is 10.4. The molecule has 4 heteroatoms. The van der Waals surface area contributed by atoms with E-state index in [1.165, 1.54) is 0 Å². The second kappa shape index (κ2) is 6.23. The van der Waals surface area contributed by atoms with E-state index in [2.05, 4.69) is 10.6 Å². The Morgan fingerprint density at radius 2 is 1.69 bits per heavy atom. The summed E-state index contributed by atoms with van der Waals surface area (Å²) in [4.78, 5) is 0. The highest BCUT2D eigenvalue weighted by Gasteiger charge is 2.07. The van der Waals surface area contributed by atoms with Crippen LogP contribution in [0.25, 0.3) is 0 Å². The van der Waals surface area contributed by atoms with Gasteiger partial charge >= 0.3 is 0 Å². The maximum absolute atomic E-state index is 5.26. The average molecular weight is 224 g/mol. The number of ether oxygens (including phenoxy) is 2. The van der Waals surface area contributed by atoms with Crippen LogP contribution in [0.3, 0.4) is 0 Å². The topological polar surface area (TPSA) is 42.5 Å². The van der Waals surface area contributed by atoms with E-state index in [0.29, 0.717) is 0 Å². The monoisotopic (exact) mass is 224 g/mol. The number of benzene rings is 1. The molecular formula is C12H20N2O2. The Morgan fingerprint density at radius 3 is 2.25 bits per heavy atom. The summed E-state index contributed by atoms with van der Waals surface area (Å²) in [6.07, 6.45) is 0. The van der Waals surface area contributed by atoms with Crippen molar-refractivity contribution in [2.75, 3.05) is 39.7 Å². The van der Waals surface area contributed by atoms with Gasteiger partial charge in [-0.05, 0) is 25.6 Å². The highest BCUT2D eigenvalue weighted by molar-refractivity contribution is 5.60. The van der Waals surface area contributed by atoms with Crippen molar-refractivity contribution in [3.8, 4) is 11.5 Å². The van der Waals surface area contributed by atoms with Gasteiger partial charge in [0.05, 0.1) is 14.2 Å². The van der Waals surface area contributed by atoms with Crippen LogP contribution in [-0.4, -0.2) is 34.4 Å². The molecule has 16 heavy (non-hydrogen) atoms. The van der Waals surface area contributed by atoms with E-state index in [1.807, 2.05) is 26.1 Å². The van der Waals surface area contributed by atoms with Gasteiger partial charge in [0.2, 0.25) is 0 Å². The summed E-state index contributed by atoms with van der Waals surface area (Å²) in [5.74, 6) is 1.51. The van der Waals surface area contributed by atoms with Gasteiger partial charge in [-0.15, -0.1) is 0 Å². The summed E-state index contributed by atoms with van der Waals surface area (Å²) in [6, 6.07) is 3.93. The van der Waals surface area contributed by atoms with E-state index >= 15 is 0 Å². The van der Waals surface area contributed by atoms with E-state index in [0.717, 1.165) is 35.8 Å². The molecule has 1 rings (SSSR count). The van der Waals surface area contributed by atoms with Crippen LogP contribution in [0, 0.1) is 6.92 Å². The SMILES string of the molecule is CNCCNc1cc(OC)c(OC)cc1C. The highest BCUT2D eigenvalue weighted by Crippen LogP contribution is 2.32. The lowest BCUT2D eigenvalue weighted by Crippen LogP contribution is -2.18. The predicted molar refractivity (Wildman–Crippen MR) is 66.7 cm³/mol. The summed E-state index contributed by atoms with van der Waals surface area (Å²) in [5.41, 5.74) is 2.22. The minimum absolute atomic E-state index is 0.750. The van der Waals surface area contributed by atoms with Crippen molar-refractivity contribution < 1.29 is 9.47 Å². The van der Waals surface area contributed by atoms with Gasteiger partial charge in [0.1, 0.15) is 0 Å². The maximum atomic E-state index is 5.26. The Labute approximate surface area is 96.9 Å². The van der Waals surface area contributed by atoms with Gasteiger partial charge in [-0.2, -0.15) is 0 Å². The minimum atomic E-state index is 0.750. The van der Waals surface area contributed by atoms with E-state index < -0.39 is 0 Å². The van der Waals surface area contributed by atoms with Crippen LogP contribution in [0.5, 0.6) is 11.5 Å². The summed E-state index contributed by atoms with van der Waals surface area (Å²) in [6.45, 7) is 3.85. The molecule has 1 aromatic carbocycles. The third-order valence-corrected chi connectivity index (χ3v) is 2.42. The molecule has 0 aliphatic carbocycles. The van der Waals surface area contributed by atoms with Crippen LogP contribution < -0.4 is 20.1 Å². The lowest BCUT2D eigenvalue weighted by molar-refractivity contribution is 0.355. The fourth-order valence-corrected chi connectivity index (χ4v) is 1.49. The second-order valence-electron chi connectivity index (χ2n) is 3.55. The number of hydrogen-bond acceptors (Lipinski definition) is 4. The van der Waals surface area contributed by atoms with Gasteiger partial charge in [-0.3, -0.25) is 0 Å². The zero-order valence-electron chi connectivity index (χ0n) is 10.4. The average Bonchev–Trinajstić information content (AvgIpc) is 2.31. The molecule has 0 aliphatic rings. The molecule has 0 atom stereocenters. The Kier molecular flexibility index (Phi) is 4.92. The molecule has 0 radical (unpaired) electrons. The van der Waals surface area contributed by atoms with Crippen molar-refractivity contribution in [2.45, 2.75) is 6.92 Å². The number of rotatable bonds is 6. The first-order valence-electron chi connectivity index (χ1n) is 5.34. The first-order valence-corrected chi connectivity index (χ1v) is 5.34. The van der Waals surface area contributed by atoms with E-state index in [-0.39, 0.29) is 0 Å². The van der Waals surface area contributed by atoms with Crippen LogP contribution in [-0.2, 0) is 0 Å². The Bertz CT molecular complexity index is 340. The third kappa shape index (κ3) is 3.03. The van der Waals surface area contributed by atoms with Crippen LogP contribution >= 0.6 is 0 Å². The fraction of sp³-hybridized carbons (Fsp3) is 0.500. The molecule has 4 nitrogen and oxygen atoms in total. The number of aryl methyl sites for hydroxylation is 1. The van der Waals surface area contributed by atoms with Crippen LogP contribution in [0.15, 0.2) is 12.1 Å². The van der Waals surface area contributed by atoms with Crippen LogP contribution in [0.2, 0.25) is 0 Å². The Balaban J connectivity index is 2.84. The molecule has 0 fully saturated rings. The summed E-state index contributed by atoms with van der Waals surface area (Å²) in [5, 5.41) is 6.43. The summed E-state index contributed by atoms with van der Waals surface area (Å²) >= 11 is 0. The molecule has 0 spiro atoms. The molecule has 0 amide bonds. The lowest BCUT2D eigenvalue weighted by Gasteiger charge is -2.14. The quantitative estimate of drug-likeness (QED) is 0.721. The third-order valence-electron chi connectivity index (χ3n) is 2.42. The van der Waals surface area contributed by atoms with Crippen LogP contribution in [0.1, 0.15) is 5.56 Å². The van der Waals surface area contributed by atoms with Gasteiger partial charge in [0.25, 0.3) is 0 Å². The van der Waals surface area contributed by atoms with E-state index in [9.17, 15) is 0 Å². The fourth-order valence-electron chi connectivity index (χ4n) is 1.49. The van der Waals surface area contributed by atoms with Crippen LogP contribution in [0.4, 0.5) is 5.69 Å². The Morgan fingerprint density at radius 1 is 1.06 bits per heavy atom. The van der Waals surface area contributed by atoms with Gasteiger partial charge in [-0.1, -0.05) is 0 Å². The first-order chi connectivity index (χ1) is 7.72. The zero-order chi connectivity index (χ0) is 12.0. The molecule has 0 aliphatic heterocycles. The summed E-state index contributed by atoms with van der Waals surface area (Å²) < 4.78 is 10.5. The molecule has 0 unspecified atom stereocenters. The molecule has 0 heterocycles. The molecule has 0 saturated heterocycles. The predicted octanol–water partition coefficient (Wildman–Crippen LogP) is 1.64. The van der Waals surface area contributed by atoms with Crippen molar-refractivity contribution in [3.63, 3.8) is 0 Å². The normalized spacial score (nSPS) is 10.0. The van der Waals surface area contributed by atoms with Gasteiger partial charge in [-0.25, -0.2) is 0 Å². The number of hydrogen-bond donors (Lipinski definition) is 2.